The minimum atomic E-state index is -0.579. The first-order chi connectivity index (χ1) is 11.6. The molecule has 0 aliphatic rings. The second-order valence-electron chi connectivity index (χ2n) is 6.86. The molecule has 0 aliphatic carbocycles. The van der Waals surface area contributed by atoms with E-state index in [-0.39, 0.29) is 17.7 Å². The number of hydrogen-bond acceptors (Lipinski definition) is 3. The number of halogens is 2. The monoisotopic (exact) mass is 387 g/mol. The molecule has 0 saturated heterocycles. The van der Waals surface area contributed by atoms with E-state index in [1.165, 1.54) is 0 Å². The standard InChI is InChI=1S/C18H27Cl2N3O2/c1-10(2)9-21-18(25)16(11(3)4)23-17(24)12(5)22-13-6-7-14(19)15(20)8-13/h6-8,10-12,16,22H,9H2,1-5H3,(H,21,25)(H,23,24)/t12-,16-/m0/s1. The van der Waals surface area contributed by atoms with Gasteiger partial charge in [-0.25, -0.2) is 0 Å². The molecule has 1 aromatic carbocycles. The van der Waals surface area contributed by atoms with Crippen molar-refractivity contribution in [2.75, 3.05) is 11.9 Å². The van der Waals surface area contributed by atoms with E-state index in [0.717, 1.165) is 0 Å². The van der Waals surface area contributed by atoms with Crippen molar-refractivity contribution in [2.24, 2.45) is 11.8 Å². The molecule has 0 aliphatic heterocycles. The van der Waals surface area contributed by atoms with Gasteiger partial charge in [-0.05, 0) is 37.0 Å². The molecule has 25 heavy (non-hydrogen) atoms. The van der Waals surface area contributed by atoms with Crippen molar-refractivity contribution in [1.29, 1.82) is 0 Å². The third kappa shape index (κ3) is 7.12. The van der Waals surface area contributed by atoms with Gasteiger partial charge in [0.05, 0.1) is 10.0 Å². The highest BCUT2D eigenvalue weighted by molar-refractivity contribution is 6.42. The van der Waals surface area contributed by atoms with Crippen molar-refractivity contribution in [3.05, 3.63) is 28.2 Å². The summed E-state index contributed by atoms with van der Waals surface area (Å²) in [6.07, 6.45) is 0. The number of nitrogens with one attached hydrogen (secondary N) is 3. The van der Waals surface area contributed by atoms with Crippen LogP contribution in [-0.4, -0.2) is 30.4 Å². The highest BCUT2D eigenvalue weighted by atomic mass is 35.5. The van der Waals surface area contributed by atoms with Crippen LogP contribution in [0.25, 0.3) is 0 Å². The zero-order valence-electron chi connectivity index (χ0n) is 15.3. The molecule has 7 heteroatoms. The lowest BCUT2D eigenvalue weighted by Crippen LogP contribution is -2.53. The third-order valence-corrected chi connectivity index (χ3v) is 4.37. The van der Waals surface area contributed by atoms with Gasteiger partial charge in [0.15, 0.2) is 0 Å². The molecular formula is C18H27Cl2N3O2. The maximum absolute atomic E-state index is 12.4. The molecule has 0 aromatic heterocycles. The summed E-state index contributed by atoms with van der Waals surface area (Å²) in [5.74, 6) is -0.0979. The molecule has 2 amide bonds. The van der Waals surface area contributed by atoms with E-state index in [1.54, 1.807) is 25.1 Å². The topological polar surface area (TPSA) is 70.2 Å². The van der Waals surface area contributed by atoms with Gasteiger partial charge in [-0.1, -0.05) is 50.9 Å². The van der Waals surface area contributed by atoms with E-state index in [4.69, 9.17) is 23.2 Å². The fourth-order valence-electron chi connectivity index (χ4n) is 2.13. The Balaban J connectivity index is 2.68. The van der Waals surface area contributed by atoms with Gasteiger partial charge in [-0.15, -0.1) is 0 Å². The Labute approximate surface area is 159 Å². The van der Waals surface area contributed by atoms with Gasteiger partial charge >= 0.3 is 0 Å². The minimum absolute atomic E-state index is 0.0201. The lowest BCUT2D eigenvalue weighted by molar-refractivity contribution is -0.130. The predicted octanol–water partition coefficient (Wildman–Crippen LogP) is 3.71. The van der Waals surface area contributed by atoms with Crippen LogP contribution in [0.3, 0.4) is 0 Å². The van der Waals surface area contributed by atoms with Crippen molar-refractivity contribution in [2.45, 2.75) is 46.7 Å². The third-order valence-electron chi connectivity index (χ3n) is 3.63. The Hall–Kier alpha value is -1.46. The SMILES string of the molecule is CC(C)CNC(=O)[C@@H](NC(=O)[C@H](C)Nc1ccc(Cl)c(Cl)c1)C(C)C. The summed E-state index contributed by atoms with van der Waals surface area (Å²) >= 11 is 11.9. The van der Waals surface area contributed by atoms with E-state index < -0.39 is 12.1 Å². The Morgan fingerprint density at radius 1 is 1.00 bits per heavy atom. The number of carbonyl (C=O) groups is 2. The van der Waals surface area contributed by atoms with Crippen LogP contribution in [0, 0.1) is 11.8 Å². The second kappa shape index (κ2) is 9.88. The normalized spacial score (nSPS) is 13.5. The van der Waals surface area contributed by atoms with Crippen molar-refractivity contribution < 1.29 is 9.59 Å². The molecule has 0 radical (unpaired) electrons. The highest BCUT2D eigenvalue weighted by Gasteiger charge is 2.26. The molecular weight excluding hydrogens is 361 g/mol. The Morgan fingerprint density at radius 2 is 1.64 bits per heavy atom. The zero-order chi connectivity index (χ0) is 19.1. The molecule has 5 nitrogen and oxygen atoms in total. The molecule has 1 rings (SSSR count). The Bertz CT molecular complexity index is 606. The lowest BCUT2D eigenvalue weighted by atomic mass is 10.0. The maximum Gasteiger partial charge on any atom is 0.242 e. The largest absolute Gasteiger partial charge is 0.374 e. The van der Waals surface area contributed by atoms with E-state index in [2.05, 4.69) is 16.0 Å². The highest BCUT2D eigenvalue weighted by Crippen LogP contribution is 2.25. The molecule has 0 saturated carbocycles. The summed E-state index contributed by atoms with van der Waals surface area (Å²) < 4.78 is 0. The number of rotatable bonds is 8. The van der Waals surface area contributed by atoms with E-state index >= 15 is 0 Å². The molecule has 0 spiro atoms. The van der Waals surface area contributed by atoms with Crippen LogP contribution >= 0.6 is 23.2 Å². The van der Waals surface area contributed by atoms with Crippen molar-refractivity contribution in [1.82, 2.24) is 10.6 Å². The smallest absolute Gasteiger partial charge is 0.242 e. The van der Waals surface area contributed by atoms with E-state index in [9.17, 15) is 9.59 Å². The summed E-state index contributed by atoms with van der Waals surface area (Å²) in [7, 11) is 0. The van der Waals surface area contributed by atoms with Gasteiger partial charge in [0.1, 0.15) is 12.1 Å². The van der Waals surface area contributed by atoms with E-state index in [1.807, 2.05) is 27.7 Å². The molecule has 0 bridgehead atoms. The van der Waals surface area contributed by atoms with Crippen LogP contribution in [0.2, 0.25) is 10.0 Å². The molecule has 1 aromatic rings. The van der Waals surface area contributed by atoms with Gasteiger partial charge < -0.3 is 16.0 Å². The van der Waals surface area contributed by atoms with Gasteiger partial charge in [0.2, 0.25) is 11.8 Å². The first-order valence-corrected chi connectivity index (χ1v) is 9.17. The number of benzene rings is 1. The van der Waals surface area contributed by atoms with Crippen molar-refractivity contribution in [3.8, 4) is 0 Å². The summed E-state index contributed by atoms with van der Waals surface area (Å²) in [5, 5.41) is 9.59. The quantitative estimate of drug-likeness (QED) is 0.636. The summed E-state index contributed by atoms with van der Waals surface area (Å²) in [4.78, 5) is 24.8. The molecule has 0 fully saturated rings. The van der Waals surface area contributed by atoms with Gasteiger partial charge in [0, 0.05) is 12.2 Å². The summed E-state index contributed by atoms with van der Waals surface area (Å²) in [6, 6.07) is 3.95. The fraction of sp³-hybridized carbons (Fsp3) is 0.556. The van der Waals surface area contributed by atoms with Gasteiger partial charge in [-0.3, -0.25) is 9.59 Å². The predicted molar refractivity (Wildman–Crippen MR) is 104 cm³/mol. The average Bonchev–Trinajstić information content (AvgIpc) is 2.53. The van der Waals surface area contributed by atoms with Crippen LogP contribution in [0.4, 0.5) is 5.69 Å². The number of carbonyl (C=O) groups excluding carboxylic acids is 2. The number of anilines is 1. The van der Waals surface area contributed by atoms with Crippen LogP contribution in [0.15, 0.2) is 18.2 Å². The first-order valence-electron chi connectivity index (χ1n) is 8.41. The fourth-order valence-corrected chi connectivity index (χ4v) is 2.43. The summed E-state index contributed by atoms with van der Waals surface area (Å²) in [5.41, 5.74) is 0.683. The minimum Gasteiger partial charge on any atom is -0.374 e. The molecule has 0 unspecified atom stereocenters. The first kappa shape index (κ1) is 21.6. The van der Waals surface area contributed by atoms with E-state index in [0.29, 0.717) is 28.2 Å². The number of amides is 2. The van der Waals surface area contributed by atoms with Crippen LogP contribution in [0.1, 0.15) is 34.6 Å². The van der Waals surface area contributed by atoms with Gasteiger partial charge in [-0.2, -0.15) is 0 Å². The van der Waals surface area contributed by atoms with Crippen LogP contribution < -0.4 is 16.0 Å². The van der Waals surface area contributed by atoms with Gasteiger partial charge in [0.25, 0.3) is 0 Å². The van der Waals surface area contributed by atoms with Crippen molar-refractivity contribution in [3.63, 3.8) is 0 Å². The average molecular weight is 388 g/mol. The lowest BCUT2D eigenvalue weighted by Gasteiger charge is -2.24. The molecule has 3 N–H and O–H groups in total. The van der Waals surface area contributed by atoms with Crippen molar-refractivity contribution >= 4 is 40.7 Å². The Morgan fingerprint density at radius 3 is 2.16 bits per heavy atom. The van der Waals surface area contributed by atoms with Crippen LogP contribution in [-0.2, 0) is 9.59 Å². The van der Waals surface area contributed by atoms with Crippen LogP contribution in [0.5, 0.6) is 0 Å². The molecule has 2 atom stereocenters. The second-order valence-corrected chi connectivity index (χ2v) is 7.68. The number of hydrogen-bond donors (Lipinski definition) is 3. The molecule has 140 valence electrons. The Kier molecular flexibility index (Phi) is 8.53. The molecule has 0 heterocycles. The maximum atomic E-state index is 12.4. The summed E-state index contributed by atoms with van der Waals surface area (Å²) in [6.45, 7) is 10.1. The zero-order valence-corrected chi connectivity index (χ0v) is 16.8.